The lowest BCUT2D eigenvalue weighted by Crippen LogP contribution is -2.69. The van der Waals surface area contributed by atoms with E-state index in [2.05, 4.69) is 6.92 Å². The molecule has 194 valence electrons. The predicted molar refractivity (Wildman–Crippen MR) is 128 cm³/mol. The van der Waals surface area contributed by atoms with Crippen molar-refractivity contribution in [2.75, 3.05) is 14.2 Å². The number of allylic oxidation sites excluding steroid dienone is 2. The maximum absolute atomic E-state index is 13.8. The van der Waals surface area contributed by atoms with Gasteiger partial charge in [-0.2, -0.15) is 0 Å². The van der Waals surface area contributed by atoms with Crippen molar-refractivity contribution in [3.63, 3.8) is 0 Å². The maximum Gasteiger partial charge on any atom is 0.315 e. The minimum Gasteiger partial charge on any atom is -0.472 e. The highest BCUT2D eigenvalue weighted by molar-refractivity contribution is 5.99. The van der Waals surface area contributed by atoms with Crippen LogP contribution in [-0.4, -0.2) is 55.4 Å². The van der Waals surface area contributed by atoms with Crippen LogP contribution in [0.15, 0.2) is 46.3 Å². The SMILES string of the molecule is COC(=O)C[C@H]1[C@]2(C)C(=O)C=C[C@](C)(C(=O)OC)[C@@H]2[C@@H](O)[C@@H]2O[C@@H]3C[C@@H](c4ccoc4)C(C)=C3[C@]12C. The number of aliphatic hydroxyl groups is 1. The summed E-state index contributed by atoms with van der Waals surface area (Å²) in [4.78, 5) is 39.6. The van der Waals surface area contributed by atoms with Gasteiger partial charge in [-0.05, 0) is 49.5 Å². The third-order valence-corrected chi connectivity index (χ3v) is 9.87. The second kappa shape index (κ2) is 8.15. The van der Waals surface area contributed by atoms with Crippen molar-refractivity contribution in [2.24, 2.45) is 28.1 Å². The Morgan fingerprint density at radius 3 is 2.50 bits per heavy atom. The third kappa shape index (κ3) is 2.97. The fraction of sp³-hybridized carbons (Fsp3) is 0.607. The number of rotatable bonds is 4. The zero-order valence-electron chi connectivity index (χ0n) is 21.6. The zero-order chi connectivity index (χ0) is 26.2. The second-order valence-electron chi connectivity index (χ2n) is 11.3. The van der Waals surface area contributed by atoms with Crippen molar-refractivity contribution in [1.82, 2.24) is 0 Å². The molecule has 9 atom stereocenters. The van der Waals surface area contributed by atoms with Crippen molar-refractivity contribution >= 4 is 17.7 Å². The molecule has 2 heterocycles. The van der Waals surface area contributed by atoms with E-state index in [0.717, 1.165) is 16.7 Å². The standard InChI is InChI=1S/C28H34O8/c1-14-16(15-8-10-35-13-15)11-17-21(14)28(4)18(12-20(30)33-5)27(3)19(29)7-9-26(2,25(32)34-6)23(27)22(31)24(28)36-17/h7-10,13,16-18,22-24,31H,11-12H2,1-6H3/t16-,17-,18+,22-,23+,24+,26+,27-,28+/m1/s1. The first kappa shape index (κ1) is 25.0. The molecule has 5 rings (SSSR count). The largest absolute Gasteiger partial charge is 0.472 e. The molecule has 1 aromatic rings. The molecule has 36 heavy (non-hydrogen) atoms. The van der Waals surface area contributed by atoms with Gasteiger partial charge in [0.25, 0.3) is 0 Å². The number of fused-ring (bicyclic) bond motifs is 4. The first-order chi connectivity index (χ1) is 17.0. The van der Waals surface area contributed by atoms with Gasteiger partial charge in [-0.25, -0.2) is 0 Å². The highest BCUT2D eigenvalue weighted by Crippen LogP contribution is 2.70. The molecule has 0 unspecified atom stereocenters. The van der Waals surface area contributed by atoms with Gasteiger partial charge in [-0.3, -0.25) is 14.4 Å². The third-order valence-electron chi connectivity index (χ3n) is 9.87. The summed E-state index contributed by atoms with van der Waals surface area (Å²) >= 11 is 0. The molecule has 0 amide bonds. The highest BCUT2D eigenvalue weighted by Gasteiger charge is 2.74. The Morgan fingerprint density at radius 1 is 1.17 bits per heavy atom. The van der Waals surface area contributed by atoms with Crippen LogP contribution in [0.3, 0.4) is 0 Å². The number of aliphatic hydroxyl groups excluding tert-OH is 1. The summed E-state index contributed by atoms with van der Waals surface area (Å²) in [6.07, 6.45) is 4.78. The summed E-state index contributed by atoms with van der Waals surface area (Å²) in [6.45, 7) is 7.50. The first-order valence-corrected chi connectivity index (χ1v) is 12.4. The summed E-state index contributed by atoms with van der Waals surface area (Å²) in [5.74, 6) is -2.60. The zero-order valence-corrected chi connectivity index (χ0v) is 21.6. The van der Waals surface area contributed by atoms with Crippen molar-refractivity contribution in [3.05, 3.63) is 47.5 Å². The van der Waals surface area contributed by atoms with Crippen molar-refractivity contribution in [3.8, 4) is 0 Å². The number of methoxy groups -OCH3 is 2. The van der Waals surface area contributed by atoms with Crippen LogP contribution in [-0.2, 0) is 28.6 Å². The summed E-state index contributed by atoms with van der Waals surface area (Å²) in [5, 5.41) is 11.9. The molecule has 2 fully saturated rings. The van der Waals surface area contributed by atoms with Gasteiger partial charge in [0.15, 0.2) is 5.78 Å². The number of carbonyl (C=O) groups excluding carboxylic acids is 3. The average molecular weight is 499 g/mol. The fourth-order valence-electron chi connectivity index (χ4n) is 8.29. The highest BCUT2D eigenvalue weighted by atomic mass is 16.5. The van der Waals surface area contributed by atoms with E-state index >= 15 is 0 Å². The lowest BCUT2D eigenvalue weighted by molar-refractivity contribution is -0.216. The Morgan fingerprint density at radius 2 is 1.89 bits per heavy atom. The quantitative estimate of drug-likeness (QED) is 0.497. The maximum atomic E-state index is 13.8. The van der Waals surface area contributed by atoms with Gasteiger partial charge in [0, 0.05) is 22.7 Å². The predicted octanol–water partition coefficient (Wildman–Crippen LogP) is 3.35. The summed E-state index contributed by atoms with van der Waals surface area (Å²) in [5.41, 5.74) is -0.215. The van der Waals surface area contributed by atoms with Crippen molar-refractivity contribution in [1.29, 1.82) is 0 Å². The Labute approximate surface area is 210 Å². The van der Waals surface area contributed by atoms with Gasteiger partial charge in [0.1, 0.15) is 0 Å². The van der Waals surface area contributed by atoms with Crippen LogP contribution < -0.4 is 0 Å². The van der Waals surface area contributed by atoms with E-state index in [-0.39, 0.29) is 24.2 Å². The molecular formula is C28H34O8. The van der Waals surface area contributed by atoms with Crippen LogP contribution in [0.4, 0.5) is 0 Å². The molecule has 8 heteroatoms. The van der Waals surface area contributed by atoms with Gasteiger partial charge in [-0.15, -0.1) is 0 Å². The van der Waals surface area contributed by atoms with Gasteiger partial charge in [-0.1, -0.05) is 25.5 Å². The fourth-order valence-corrected chi connectivity index (χ4v) is 8.29. The van der Waals surface area contributed by atoms with E-state index in [4.69, 9.17) is 18.6 Å². The van der Waals surface area contributed by atoms with E-state index < -0.39 is 52.2 Å². The Balaban J connectivity index is 1.73. The number of carbonyl (C=O) groups is 3. The van der Waals surface area contributed by atoms with Crippen LogP contribution in [0.25, 0.3) is 0 Å². The lowest BCUT2D eigenvalue weighted by Gasteiger charge is -2.61. The number of furan rings is 1. The molecule has 4 aliphatic rings. The Hall–Kier alpha value is -2.71. The second-order valence-corrected chi connectivity index (χ2v) is 11.3. The van der Waals surface area contributed by atoms with E-state index in [1.165, 1.54) is 26.4 Å². The van der Waals surface area contributed by atoms with Crippen LogP contribution in [0.5, 0.6) is 0 Å². The smallest absolute Gasteiger partial charge is 0.315 e. The van der Waals surface area contributed by atoms with Gasteiger partial charge in [0.05, 0.1) is 56.9 Å². The lowest BCUT2D eigenvalue weighted by atomic mass is 9.41. The monoisotopic (exact) mass is 498 g/mol. The molecule has 1 N–H and O–H groups in total. The Bertz CT molecular complexity index is 1160. The Kier molecular flexibility index (Phi) is 5.65. The van der Waals surface area contributed by atoms with Gasteiger partial charge >= 0.3 is 11.9 Å². The van der Waals surface area contributed by atoms with E-state index in [0.29, 0.717) is 6.42 Å². The molecule has 0 spiro atoms. The van der Waals surface area contributed by atoms with Gasteiger partial charge < -0.3 is 23.7 Å². The number of ether oxygens (including phenoxy) is 3. The minimum absolute atomic E-state index is 0.0523. The molecule has 1 aliphatic heterocycles. The summed E-state index contributed by atoms with van der Waals surface area (Å²) < 4.78 is 22.1. The van der Waals surface area contributed by atoms with Crippen LogP contribution in [0.1, 0.15) is 52.0 Å². The van der Waals surface area contributed by atoms with Crippen LogP contribution in [0, 0.1) is 28.1 Å². The molecule has 0 bridgehead atoms. The molecule has 0 radical (unpaired) electrons. The molecule has 0 aromatic carbocycles. The molecular weight excluding hydrogens is 464 g/mol. The summed E-state index contributed by atoms with van der Waals surface area (Å²) in [7, 11) is 2.62. The number of ketones is 1. The topological polar surface area (TPSA) is 112 Å². The number of hydrogen-bond acceptors (Lipinski definition) is 8. The van der Waals surface area contributed by atoms with Crippen LogP contribution >= 0.6 is 0 Å². The van der Waals surface area contributed by atoms with Crippen molar-refractivity contribution < 1.29 is 38.1 Å². The molecule has 1 saturated carbocycles. The van der Waals surface area contributed by atoms with Crippen LogP contribution in [0.2, 0.25) is 0 Å². The number of esters is 2. The minimum atomic E-state index is -1.28. The van der Waals surface area contributed by atoms with E-state index in [1.54, 1.807) is 26.4 Å². The molecule has 1 saturated heterocycles. The number of hydrogen-bond donors (Lipinski definition) is 1. The average Bonchev–Trinajstić information content (AvgIpc) is 3.56. The first-order valence-electron chi connectivity index (χ1n) is 12.4. The molecule has 3 aliphatic carbocycles. The van der Waals surface area contributed by atoms with E-state index in [9.17, 15) is 19.5 Å². The van der Waals surface area contributed by atoms with E-state index in [1.807, 2.05) is 13.0 Å². The molecule has 1 aromatic heterocycles. The van der Waals surface area contributed by atoms with Gasteiger partial charge in [0.2, 0.25) is 0 Å². The normalized spacial score (nSPS) is 43.1. The van der Waals surface area contributed by atoms with Crippen molar-refractivity contribution in [2.45, 2.75) is 64.8 Å². The summed E-state index contributed by atoms with van der Waals surface area (Å²) in [6, 6.07) is 1.94. The molecule has 8 nitrogen and oxygen atoms in total.